The number of nitrogens with zero attached hydrogens (tertiary/aromatic N) is 3. The van der Waals surface area contributed by atoms with Crippen LogP contribution >= 0.6 is 0 Å². The van der Waals surface area contributed by atoms with Gasteiger partial charge < -0.3 is 10.6 Å². The van der Waals surface area contributed by atoms with Gasteiger partial charge in [0.15, 0.2) is 0 Å². The van der Waals surface area contributed by atoms with Gasteiger partial charge in [-0.25, -0.2) is 0 Å². The van der Waals surface area contributed by atoms with E-state index < -0.39 is 0 Å². The van der Waals surface area contributed by atoms with Crippen LogP contribution in [-0.2, 0) is 0 Å². The predicted molar refractivity (Wildman–Crippen MR) is 87.7 cm³/mol. The van der Waals surface area contributed by atoms with Gasteiger partial charge in [-0.3, -0.25) is 9.88 Å². The summed E-state index contributed by atoms with van der Waals surface area (Å²) >= 11 is 0. The number of aryl methyl sites for hydroxylation is 1. The summed E-state index contributed by atoms with van der Waals surface area (Å²) in [7, 11) is 0. The molecule has 110 valence electrons. The molecule has 2 aromatic rings. The molecule has 0 spiro atoms. The highest BCUT2D eigenvalue weighted by Crippen LogP contribution is 2.31. The van der Waals surface area contributed by atoms with Gasteiger partial charge in [-0.15, -0.1) is 0 Å². The predicted octanol–water partition coefficient (Wildman–Crippen LogP) is 2.41. The van der Waals surface area contributed by atoms with Crippen molar-refractivity contribution in [2.24, 2.45) is 0 Å². The largest absolute Gasteiger partial charge is 0.399 e. The van der Waals surface area contributed by atoms with Gasteiger partial charge in [0.2, 0.25) is 0 Å². The number of hydrogen-bond donors (Lipinski definition) is 1. The van der Waals surface area contributed by atoms with Gasteiger partial charge in [0.05, 0.1) is 5.52 Å². The molecule has 0 saturated carbocycles. The Bertz CT molecular complexity index is 682. The summed E-state index contributed by atoms with van der Waals surface area (Å²) in [5.74, 6) is 0. The number of rotatable bonds is 1. The van der Waals surface area contributed by atoms with Crippen LogP contribution in [0.3, 0.4) is 0 Å². The fourth-order valence-electron chi connectivity index (χ4n) is 3.83. The van der Waals surface area contributed by atoms with Crippen LogP contribution in [0.1, 0.15) is 18.5 Å². The van der Waals surface area contributed by atoms with Gasteiger partial charge in [0, 0.05) is 48.1 Å². The number of anilines is 2. The Morgan fingerprint density at radius 2 is 2.10 bits per heavy atom. The normalized spacial score (nSPS) is 22.7. The molecule has 0 radical (unpaired) electrons. The molecular weight excluding hydrogens is 260 g/mol. The van der Waals surface area contributed by atoms with Crippen molar-refractivity contribution in [1.82, 2.24) is 9.88 Å². The first-order valence-corrected chi connectivity index (χ1v) is 7.86. The van der Waals surface area contributed by atoms with E-state index in [-0.39, 0.29) is 0 Å². The van der Waals surface area contributed by atoms with Crippen molar-refractivity contribution in [3.05, 3.63) is 30.0 Å². The molecule has 4 rings (SSSR count). The maximum atomic E-state index is 5.99. The number of aromatic nitrogens is 1. The van der Waals surface area contributed by atoms with Gasteiger partial charge >= 0.3 is 0 Å². The molecule has 0 amide bonds. The second-order valence-corrected chi connectivity index (χ2v) is 6.34. The van der Waals surface area contributed by atoms with E-state index in [0.29, 0.717) is 0 Å². The van der Waals surface area contributed by atoms with Crippen molar-refractivity contribution in [2.45, 2.75) is 25.8 Å². The quantitative estimate of drug-likeness (QED) is 0.816. The average molecular weight is 282 g/mol. The van der Waals surface area contributed by atoms with Crippen molar-refractivity contribution < 1.29 is 0 Å². The maximum absolute atomic E-state index is 5.99. The number of hydrogen-bond acceptors (Lipinski definition) is 4. The zero-order valence-corrected chi connectivity index (χ0v) is 12.5. The Hall–Kier alpha value is -1.81. The smallest absolute Gasteiger partial charge is 0.0727 e. The van der Waals surface area contributed by atoms with Crippen LogP contribution < -0.4 is 10.6 Å². The molecule has 1 unspecified atom stereocenters. The number of fused-ring (bicyclic) bond motifs is 2. The van der Waals surface area contributed by atoms with Crippen molar-refractivity contribution in [1.29, 1.82) is 0 Å². The molecule has 0 aliphatic carbocycles. The molecule has 1 aromatic heterocycles. The highest BCUT2D eigenvalue weighted by molar-refractivity contribution is 5.94. The Balaban J connectivity index is 1.76. The van der Waals surface area contributed by atoms with Crippen LogP contribution in [-0.4, -0.2) is 42.1 Å². The topological polar surface area (TPSA) is 45.4 Å². The lowest BCUT2D eigenvalue weighted by Crippen LogP contribution is -2.50. The molecule has 2 saturated heterocycles. The minimum Gasteiger partial charge on any atom is -0.399 e. The van der Waals surface area contributed by atoms with Crippen molar-refractivity contribution >= 4 is 22.3 Å². The Morgan fingerprint density at radius 1 is 1.19 bits per heavy atom. The van der Waals surface area contributed by atoms with Crippen molar-refractivity contribution in [3.63, 3.8) is 0 Å². The number of benzene rings is 1. The number of piperazine rings is 1. The first-order chi connectivity index (χ1) is 10.2. The van der Waals surface area contributed by atoms with Gasteiger partial charge in [0.1, 0.15) is 0 Å². The Morgan fingerprint density at radius 3 is 3.00 bits per heavy atom. The molecule has 1 atom stereocenters. The van der Waals surface area contributed by atoms with E-state index in [1.54, 1.807) is 0 Å². The van der Waals surface area contributed by atoms with Gasteiger partial charge in [-0.2, -0.15) is 0 Å². The van der Waals surface area contributed by atoms with Crippen LogP contribution in [0.25, 0.3) is 10.9 Å². The summed E-state index contributed by atoms with van der Waals surface area (Å²) in [6.07, 6.45) is 2.68. The molecule has 2 aliphatic heterocycles. The third kappa shape index (κ3) is 2.23. The van der Waals surface area contributed by atoms with E-state index >= 15 is 0 Å². The molecule has 4 nitrogen and oxygen atoms in total. The second kappa shape index (κ2) is 4.88. The lowest BCUT2D eigenvalue weighted by molar-refractivity contribution is 0.231. The van der Waals surface area contributed by atoms with E-state index in [0.717, 1.165) is 36.0 Å². The lowest BCUT2D eigenvalue weighted by Gasteiger charge is -2.39. The van der Waals surface area contributed by atoms with Crippen LogP contribution in [0.2, 0.25) is 0 Å². The van der Waals surface area contributed by atoms with Crippen LogP contribution in [0, 0.1) is 6.92 Å². The fraction of sp³-hybridized carbons (Fsp3) is 0.471. The zero-order chi connectivity index (χ0) is 14.4. The van der Waals surface area contributed by atoms with E-state index in [1.807, 2.05) is 12.1 Å². The maximum Gasteiger partial charge on any atom is 0.0727 e. The van der Waals surface area contributed by atoms with Crippen LogP contribution in [0.5, 0.6) is 0 Å². The van der Waals surface area contributed by atoms with Crippen LogP contribution in [0.4, 0.5) is 11.4 Å². The monoisotopic (exact) mass is 282 g/mol. The van der Waals surface area contributed by atoms with Gasteiger partial charge in [0.25, 0.3) is 0 Å². The molecule has 1 aromatic carbocycles. The summed E-state index contributed by atoms with van der Waals surface area (Å²) in [4.78, 5) is 9.82. The molecule has 2 aliphatic rings. The molecule has 4 heteroatoms. The first-order valence-electron chi connectivity index (χ1n) is 7.86. The van der Waals surface area contributed by atoms with Gasteiger partial charge in [-0.1, -0.05) is 0 Å². The molecule has 2 N–H and O–H groups in total. The highest BCUT2D eigenvalue weighted by atomic mass is 15.3. The van der Waals surface area contributed by atoms with Crippen molar-refractivity contribution in [2.75, 3.05) is 36.8 Å². The molecule has 21 heavy (non-hydrogen) atoms. The number of nitrogens with two attached hydrogens (primary N) is 1. The number of nitrogen functional groups attached to an aromatic ring is 1. The molecule has 0 bridgehead atoms. The Kier molecular flexibility index (Phi) is 3.00. The summed E-state index contributed by atoms with van der Waals surface area (Å²) in [5.41, 5.74) is 10.2. The number of pyridine rings is 1. The fourth-order valence-corrected chi connectivity index (χ4v) is 3.83. The standard InChI is InChI=1S/C17H22N4/c1-12-9-17(15-10-13(18)4-5-16(15)19-12)21-8-7-20-6-2-3-14(20)11-21/h4-5,9-10,14H,2-3,6-8,11,18H2,1H3. The lowest BCUT2D eigenvalue weighted by atomic mass is 10.1. The summed E-state index contributed by atoms with van der Waals surface area (Å²) in [5, 5.41) is 1.19. The molecular formula is C17H22N4. The summed E-state index contributed by atoms with van der Waals surface area (Å²) < 4.78 is 0. The van der Waals surface area contributed by atoms with E-state index in [4.69, 9.17) is 5.73 Å². The first kappa shape index (κ1) is 12.9. The molecule has 2 fully saturated rings. The van der Waals surface area contributed by atoms with Crippen LogP contribution in [0.15, 0.2) is 24.3 Å². The highest BCUT2D eigenvalue weighted by Gasteiger charge is 2.31. The third-order valence-electron chi connectivity index (χ3n) is 4.87. The van der Waals surface area contributed by atoms with Crippen molar-refractivity contribution in [3.8, 4) is 0 Å². The van der Waals surface area contributed by atoms with Gasteiger partial charge in [-0.05, 0) is 50.6 Å². The summed E-state index contributed by atoms with van der Waals surface area (Å²) in [6, 6.07) is 8.98. The van der Waals surface area contributed by atoms with E-state index in [9.17, 15) is 0 Å². The zero-order valence-electron chi connectivity index (χ0n) is 12.5. The Labute approximate surface area is 125 Å². The third-order valence-corrected chi connectivity index (χ3v) is 4.87. The SMILES string of the molecule is Cc1cc(N2CCN3CCCC3C2)c2cc(N)ccc2n1. The average Bonchev–Trinajstić information content (AvgIpc) is 2.94. The van der Waals surface area contributed by atoms with E-state index in [1.165, 1.54) is 37.0 Å². The molecule has 3 heterocycles. The summed E-state index contributed by atoms with van der Waals surface area (Å²) in [6.45, 7) is 6.76. The minimum absolute atomic E-state index is 0.725. The second-order valence-electron chi connectivity index (χ2n) is 6.34. The van der Waals surface area contributed by atoms with E-state index in [2.05, 4.69) is 33.8 Å². The minimum atomic E-state index is 0.725.